The molecule has 169 valence electrons. The number of hydrogen-bond donors (Lipinski definition) is 0. The Balaban J connectivity index is 1.77. The molecule has 0 saturated heterocycles. The Morgan fingerprint density at radius 1 is 0.844 bits per heavy atom. The second kappa shape index (κ2) is 11.0. The van der Waals surface area contributed by atoms with Gasteiger partial charge in [-0.1, -0.05) is 56.2 Å². The number of benzene rings is 3. The molecule has 1 radical (unpaired) electrons. The molecular formula is C26H25F4O2. The highest BCUT2D eigenvalue weighted by Crippen LogP contribution is 2.36. The van der Waals surface area contributed by atoms with E-state index < -0.39 is 24.0 Å². The first kappa shape index (κ1) is 23.6. The summed E-state index contributed by atoms with van der Waals surface area (Å²) in [6.07, 6.45) is 4.52. The molecule has 3 rings (SSSR count). The number of rotatable bonds is 10. The van der Waals surface area contributed by atoms with E-state index in [-0.39, 0.29) is 29.7 Å². The van der Waals surface area contributed by atoms with Crippen molar-refractivity contribution < 1.29 is 27.4 Å². The van der Waals surface area contributed by atoms with Crippen LogP contribution in [0.15, 0.2) is 54.6 Å². The summed E-state index contributed by atoms with van der Waals surface area (Å²) in [4.78, 5) is 0. The fraction of sp³-hybridized carbons (Fsp3) is 0.308. The maximum atomic E-state index is 15.2. The van der Waals surface area contributed by atoms with Crippen LogP contribution in [0.3, 0.4) is 0 Å². The van der Waals surface area contributed by atoms with Crippen LogP contribution in [0.2, 0.25) is 0 Å². The van der Waals surface area contributed by atoms with Crippen LogP contribution in [0.5, 0.6) is 11.5 Å². The fourth-order valence-electron chi connectivity index (χ4n) is 3.66. The lowest BCUT2D eigenvalue weighted by Gasteiger charge is -2.12. The van der Waals surface area contributed by atoms with Gasteiger partial charge in [0.05, 0.1) is 5.56 Å². The molecule has 6 heteroatoms. The lowest BCUT2D eigenvalue weighted by atomic mass is 9.95. The van der Waals surface area contributed by atoms with E-state index in [0.29, 0.717) is 11.1 Å². The van der Waals surface area contributed by atoms with E-state index in [1.54, 1.807) is 24.3 Å². The first-order valence-electron chi connectivity index (χ1n) is 10.7. The third-order valence-corrected chi connectivity index (χ3v) is 5.40. The predicted molar refractivity (Wildman–Crippen MR) is 116 cm³/mol. The molecule has 0 amide bonds. The van der Waals surface area contributed by atoms with Gasteiger partial charge in [0, 0.05) is 11.6 Å². The molecule has 3 aromatic carbocycles. The Bertz CT molecular complexity index is 1020. The molecule has 0 unspecified atom stereocenters. The van der Waals surface area contributed by atoms with Gasteiger partial charge < -0.3 is 4.74 Å². The zero-order valence-corrected chi connectivity index (χ0v) is 17.8. The lowest BCUT2D eigenvalue weighted by Crippen LogP contribution is -2.03. The van der Waals surface area contributed by atoms with Crippen LogP contribution < -0.4 is 4.74 Å². The molecule has 0 spiro atoms. The van der Waals surface area contributed by atoms with Gasteiger partial charge in [0.25, 0.3) is 0 Å². The Morgan fingerprint density at radius 2 is 1.47 bits per heavy atom. The van der Waals surface area contributed by atoms with Gasteiger partial charge in [0.2, 0.25) is 0 Å². The van der Waals surface area contributed by atoms with E-state index in [9.17, 15) is 18.3 Å². The average Bonchev–Trinajstić information content (AvgIpc) is 2.75. The molecular weight excluding hydrogens is 420 g/mol. The van der Waals surface area contributed by atoms with Crippen LogP contribution in [0.25, 0.3) is 11.1 Å². The van der Waals surface area contributed by atoms with Crippen LogP contribution in [0.1, 0.15) is 42.9 Å². The first-order valence-corrected chi connectivity index (χ1v) is 10.7. The Morgan fingerprint density at radius 3 is 2.09 bits per heavy atom. The molecule has 0 N–H and O–H groups in total. The normalized spacial score (nSPS) is 11.2. The highest BCUT2D eigenvalue weighted by Gasteiger charge is 2.21. The maximum absolute atomic E-state index is 15.2. The van der Waals surface area contributed by atoms with E-state index >= 15 is 4.39 Å². The van der Waals surface area contributed by atoms with Gasteiger partial charge in [-0.05, 0) is 54.5 Å². The van der Waals surface area contributed by atoms with Gasteiger partial charge >= 0.3 is 6.61 Å². The van der Waals surface area contributed by atoms with Crippen LogP contribution in [0, 0.1) is 11.6 Å². The molecule has 3 aromatic rings. The zero-order valence-electron chi connectivity index (χ0n) is 17.8. The summed E-state index contributed by atoms with van der Waals surface area (Å²) in [7, 11) is 0. The number of aryl methyl sites for hydroxylation is 2. The molecule has 0 heterocycles. The van der Waals surface area contributed by atoms with Crippen LogP contribution in [-0.2, 0) is 24.4 Å². The van der Waals surface area contributed by atoms with E-state index in [2.05, 4.69) is 11.7 Å². The highest BCUT2D eigenvalue weighted by atomic mass is 19.3. The quantitative estimate of drug-likeness (QED) is 0.230. The van der Waals surface area contributed by atoms with Gasteiger partial charge in [0.15, 0.2) is 5.75 Å². The Kier molecular flexibility index (Phi) is 8.14. The number of alkyl halides is 2. The van der Waals surface area contributed by atoms with Crippen molar-refractivity contribution >= 4 is 0 Å². The minimum absolute atomic E-state index is 0.0113. The van der Waals surface area contributed by atoms with Crippen LogP contribution in [-0.4, -0.2) is 6.61 Å². The van der Waals surface area contributed by atoms with E-state index in [0.717, 1.165) is 37.3 Å². The van der Waals surface area contributed by atoms with E-state index in [1.165, 1.54) is 12.1 Å². The molecule has 0 aliphatic heterocycles. The molecule has 0 bridgehead atoms. The third-order valence-electron chi connectivity index (χ3n) is 5.40. The second-order valence-electron chi connectivity index (χ2n) is 7.70. The summed E-state index contributed by atoms with van der Waals surface area (Å²) in [5, 5.41) is 12.4. The van der Waals surface area contributed by atoms with Crippen LogP contribution >= 0.6 is 0 Å². The number of hydrogen-bond acceptors (Lipinski definition) is 1. The van der Waals surface area contributed by atoms with Crippen molar-refractivity contribution in [3.8, 4) is 22.6 Å². The largest absolute Gasteiger partial charge is 0.435 e. The number of halogens is 4. The summed E-state index contributed by atoms with van der Waals surface area (Å²) in [6.45, 7) is -0.788. The van der Waals surface area contributed by atoms with Gasteiger partial charge in [-0.2, -0.15) is 8.78 Å². The van der Waals surface area contributed by atoms with Crippen LogP contribution in [0.4, 0.5) is 17.6 Å². The van der Waals surface area contributed by atoms with Gasteiger partial charge in [-0.15, -0.1) is 0 Å². The monoisotopic (exact) mass is 445 g/mol. The van der Waals surface area contributed by atoms with Crippen molar-refractivity contribution in [2.24, 2.45) is 0 Å². The van der Waals surface area contributed by atoms with Crippen molar-refractivity contribution in [2.75, 3.05) is 0 Å². The molecule has 0 saturated carbocycles. The summed E-state index contributed by atoms with van der Waals surface area (Å²) < 4.78 is 58.4. The zero-order chi connectivity index (χ0) is 23.1. The predicted octanol–water partition coefficient (Wildman–Crippen LogP) is 7.89. The average molecular weight is 445 g/mol. The lowest BCUT2D eigenvalue weighted by molar-refractivity contribution is -0.0498. The minimum Gasteiger partial charge on any atom is -0.435 e. The highest BCUT2D eigenvalue weighted by molar-refractivity contribution is 5.72. The SMILES string of the molecule is CCCCCc1ccc(-c2c([O])cc(F)c(CCc3ccc(OC(F)F)cc3)c2F)cc1. The van der Waals surface area contributed by atoms with Gasteiger partial charge in [0.1, 0.15) is 17.4 Å². The summed E-state index contributed by atoms with van der Waals surface area (Å²) in [6, 6.07) is 13.8. The fourth-order valence-corrected chi connectivity index (χ4v) is 3.66. The van der Waals surface area contributed by atoms with E-state index in [4.69, 9.17) is 0 Å². The Labute approximate surface area is 185 Å². The minimum atomic E-state index is -2.92. The molecule has 32 heavy (non-hydrogen) atoms. The van der Waals surface area contributed by atoms with Gasteiger partial charge in [-0.3, -0.25) is 5.11 Å². The third kappa shape index (κ3) is 6.02. The standard InChI is InChI=1S/C26H25F4O2/c1-2-3-4-5-17-6-11-19(12-7-17)24-23(31)16-22(27)21(25(24)28)15-10-18-8-13-20(14-9-18)32-26(29)30/h6-9,11-14,16,26H,2-5,10,15H2,1H3. The number of unbranched alkanes of at least 4 members (excludes halogenated alkanes) is 2. The summed E-state index contributed by atoms with van der Waals surface area (Å²) in [5.41, 5.74) is 1.93. The summed E-state index contributed by atoms with van der Waals surface area (Å²) >= 11 is 0. The molecule has 2 nitrogen and oxygen atoms in total. The number of ether oxygens (including phenoxy) is 1. The van der Waals surface area contributed by atoms with Crippen molar-refractivity contribution in [3.05, 3.63) is 82.9 Å². The smallest absolute Gasteiger partial charge is 0.387 e. The van der Waals surface area contributed by atoms with E-state index in [1.807, 2.05) is 12.1 Å². The molecule has 0 fully saturated rings. The maximum Gasteiger partial charge on any atom is 0.387 e. The first-order chi connectivity index (χ1) is 15.4. The van der Waals surface area contributed by atoms with Crippen molar-refractivity contribution in [1.82, 2.24) is 0 Å². The Hall–Kier alpha value is -3.02. The molecule has 0 aromatic heterocycles. The molecule has 0 aliphatic rings. The second-order valence-corrected chi connectivity index (χ2v) is 7.70. The van der Waals surface area contributed by atoms with Crippen molar-refractivity contribution in [3.63, 3.8) is 0 Å². The topological polar surface area (TPSA) is 29.1 Å². The van der Waals surface area contributed by atoms with Crippen molar-refractivity contribution in [1.29, 1.82) is 0 Å². The summed E-state index contributed by atoms with van der Waals surface area (Å²) in [5.74, 6) is -2.43. The molecule has 0 aliphatic carbocycles. The van der Waals surface area contributed by atoms with Crippen molar-refractivity contribution in [2.45, 2.75) is 52.1 Å². The van der Waals surface area contributed by atoms with Gasteiger partial charge in [-0.25, -0.2) is 8.78 Å². The molecule has 0 atom stereocenters.